The molecule has 0 fully saturated rings. The van der Waals surface area contributed by atoms with Crippen molar-refractivity contribution in [3.63, 3.8) is 0 Å². The third kappa shape index (κ3) is 26.9. The molecule has 30 heavy (non-hydrogen) atoms. The molecule has 0 aliphatic rings. The van der Waals surface area contributed by atoms with Crippen molar-refractivity contribution in [3.05, 3.63) is 0 Å². The predicted molar refractivity (Wildman–Crippen MR) is 101 cm³/mol. The summed E-state index contributed by atoms with van der Waals surface area (Å²) in [5.41, 5.74) is 65.2. The normalized spacial score (nSPS) is 11.4. The van der Waals surface area contributed by atoms with Crippen molar-refractivity contribution in [3.8, 4) is 0 Å². The van der Waals surface area contributed by atoms with E-state index in [0.717, 1.165) is 13.0 Å². The molecule has 0 aliphatic heterocycles. The largest absolute Gasteiger partial charge is 0.257 e. The maximum absolute atomic E-state index is 4.92. The van der Waals surface area contributed by atoms with Crippen LogP contribution in [-0.4, -0.2) is 6.54 Å². The lowest BCUT2D eigenvalue weighted by Gasteiger charge is -2.15. The van der Waals surface area contributed by atoms with Gasteiger partial charge in [-0.25, -0.2) is 5.43 Å². The Hall–Kier alpha value is -1.08. The average molecular weight is 450 g/mol. The predicted octanol–water partition coefficient (Wildman–Crippen LogP) is -12.5. The summed E-state index contributed by atoms with van der Waals surface area (Å²) < 4.78 is 0. The van der Waals surface area contributed by atoms with Crippen molar-refractivity contribution in [1.29, 1.82) is 0 Å². The molecular formula is C3H35N27. The van der Waals surface area contributed by atoms with Crippen molar-refractivity contribution in [1.82, 2.24) is 144 Å². The summed E-state index contributed by atoms with van der Waals surface area (Å²) in [7, 11) is 0. The number of nitrogens with one attached hydrogen (secondary N) is 26. The first-order valence-electron chi connectivity index (χ1n) is 8.10. The maximum atomic E-state index is 4.92. The summed E-state index contributed by atoms with van der Waals surface area (Å²) in [5.74, 6) is 4.92. The molecule has 0 spiro atoms. The van der Waals surface area contributed by atoms with Crippen LogP contribution in [0.4, 0.5) is 0 Å². The lowest BCUT2D eigenvalue weighted by Crippen LogP contribution is -2.70. The van der Waals surface area contributed by atoms with Gasteiger partial charge >= 0.3 is 0 Å². The third-order valence-electron chi connectivity index (χ3n) is 1.97. The van der Waals surface area contributed by atoms with Gasteiger partial charge in [0.25, 0.3) is 0 Å². The van der Waals surface area contributed by atoms with Gasteiger partial charge in [-0.15, -0.1) is 0 Å². The van der Waals surface area contributed by atoms with E-state index in [2.05, 4.69) is 151 Å². The molecule has 28 N–H and O–H groups in total. The van der Waals surface area contributed by atoms with Gasteiger partial charge in [-0.05, 0) is 6.42 Å². The van der Waals surface area contributed by atoms with E-state index in [-0.39, 0.29) is 0 Å². The van der Waals surface area contributed by atoms with E-state index in [1.54, 1.807) is 0 Å². The summed E-state index contributed by atoms with van der Waals surface area (Å²) in [6, 6.07) is 0. The molecule has 0 saturated heterocycles. The van der Waals surface area contributed by atoms with E-state index in [0.29, 0.717) is 0 Å². The number of hydrogen-bond donors (Lipinski definition) is 27. The fourth-order valence-electron chi connectivity index (χ4n) is 0.955. The Morgan fingerprint density at radius 1 is 0.367 bits per heavy atom. The topological polar surface area (TPSA) is 339 Å². The molecule has 0 saturated carbocycles. The molecule has 0 aromatic carbocycles. The molecule has 0 bridgehead atoms. The second kappa shape index (κ2) is 27.9. The van der Waals surface area contributed by atoms with Crippen LogP contribution in [0.25, 0.3) is 0 Å². The van der Waals surface area contributed by atoms with Crippen LogP contribution < -0.4 is 150 Å². The van der Waals surface area contributed by atoms with Gasteiger partial charge < -0.3 is 0 Å². The molecule has 0 aromatic rings. The zero-order chi connectivity index (χ0) is 21.8. The van der Waals surface area contributed by atoms with Gasteiger partial charge in [-0.2, -0.15) is 138 Å². The molecule has 0 radical (unpaired) electrons. The minimum absolute atomic E-state index is 0.833. The van der Waals surface area contributed by atoms with Gasteiger partial charge in [-0.3, -0.25) is 5.84 Å². The fourth-order valence-corrected chi connectivity index (χ4v) is 0.955. The highest BCUT2D eigenvalue weighted by molar-refractivity contribution is 4.29. The summed E-state index contributed by atoms with van der Waals surface area (Å²) in [4.78, 5) is 0. The Kier molecular flexibility index (Phi) is 26.9. The summed E-state index contributed by atoms with van der Waals surface area (Å²) in [5, 5.41) is 0. The molecule has 0 atom stereocenters. The van der Waals surface area contributed by atoms with Gasteiger partial charge in [0.1, 0.15) is 0 Å². The van der Waals surface area contributed by atoms with Crippen LogP contribution in [0.5, 0.6) is 0 Å². The number of rotatable bonds is 27. The van der Waals surface area contributed by atoms with Crippen LogP contribution in [0.3, 0.4) is 0 Å². The van der Waals surface area contributed by atoms with E-state index < -0.39 is 0 Å². The minimum atomic E-state index is 0.833. The van der Waals surface area contributed by atoms with Crippen LogP contribution in [0.2, 0.25) is 0 Å². The monoisotopic (exact) mass is 449 g/mol. The Bertz CT molecular complexity index is 255. The van der Waals surface area contributed by atoms with Gasteiger partial charge in [0.15, 0.2) is 0 Å². The maximum Gasteiger partial charge on any atom is 0.0111 e. The van der Waals surface area contributed by atoms with E-state index in [9.17, 15) is 0 Å². The molecule has 27 nitrogen and oxygen atoms in total. The number of hydrogen-bond acceptors (Lipinski definition) is 27. The molecule has 0 rings (SSSR count). The zero-order valence-electron chi connectivity index (χ0n) is 16.0. The van der Waals surface area contributed by atoms with Crippen molar-refractivity contribution in [2.75, 3.05) is 6.54 Å². The Balaban J connectivity index is 2.97. The van der Waals surface area contributed by atoms with Crippen LogP contribution in [0, 0.1) is 0 Å². The lowest BCUT2D eigenvalue weighted by atomic mass is 10.5. The molecular weight excluding hydrogens is 414 g/mol. The van der Waals surface area contributed by atoms with Crippen LogP contribution >= 0.6 is 0 Å². The van der Waals surface area contributed by atoms with Crippen molar-refractivity contribution >= 4 is 0 Å². The highest BCUT2D eigenvalue weighted by Crippen LogP contribution is 1.62. The SMILES string of the molecule is CCCNNNNNNNNNNNNNNNNNNNNNNNNNNN. The quantitative estimate of drug-likeness (QED) is 0.0314. The van der Waals surface area contributed by atoms with Crippen LogP contribution in [0.1, 0.15) is 13.3 Å². The first-order valence-corrected chi connectivity index (χ1v) is 8.10. The Morgan fingerprint density at radius 2 is 0.600 bits per heavy atom. The van der Waals surface area contributed by atoms with Crippen LogP contribution in [0.15, 0.2) is 0 Å². The average Bonchev–Trinajstić information content (AvgIpc) is 2.76. The standard InChI is InChI=1S/C3H35N27/c1-2-3-5-7-9-11-13-15-17-19-21-23-25-27-29-30-28-26-24-22-20-18-16-14-12-10-8-6-4/h5-30H,2-4H2,1H3. The highest BCUT2D eigenvalue weighted by atomic mass is 16.0. The molecule has 0 aromatic heterocycles. The first-order chi connectivity index (χ1) is 14.9. The Morgan fingerprint density at radius 3 is 0.833 bits per heavy atom. The zero-order valence-corrected chi connectivity index (χ0v) is 16.0. The molecule has 0 amide bonds. The van der Waals surface area contributed by atoms with Crippen molar-refractivity contribution in [2.24, 2.45) is 5.84 Å². The molecule has 0 aliphatic carbocycles. The second-order valence-corrected chi connectivity index (χ2v) is 4.07. The first kappa shape index (κ1) is 28.9. The highest BCUT2D eigenvalue weighted by Gasteiger charge is 1.85. The van der Waals surface area contributed by atoms with E-state index in [1.165, 1.54) is 0 Å². The second-order valence-electron chi connectivity index (χ2n) is 4.07. The van der Waals surface area contributed by atoms with Crippen LogP contribution in [-0.2, 0) is 0 Å². The number of nitrogens with two attached hydrogens (primary N) is 1. The molecule has 0 heterocycles. The third-order valence-corrected chi connectivity index (χ3v) is 1.97. The summed E-state index contributed by atoms with van der Waals surface area (Å²) >= 11 is 0. The molecule has 0 unspecified atom stereocenters. The fraction of sp³-hybridized carbons (Fsp3) is 1.00. The van der Waals surface area contributed by atoms with E-state index in [1.807, 2.05) is 0 Å². The lowest BCUT2D eigenvalue weighted by molar-refractivity contribution is 0.186. The van der Waals surface area contributed by atoms with Gasteiger partial charge in [0.05, 0.1) is 0 Å². The van der Waals surface area contributed by atoms with E-state index >= 15 is 0 Å². The molecule has 27 heteroatoms. The van der Waals surface area contributed by atoms with Crippen molar-refractivity contribution in [2.45, 2.75) is 13.3 Å². The number of hydrazine groups is 26. The van der Waals surface area contributed by atoms with Gasteiger partial charge in [0, 0.05) is 6.54 Å². The molecule has 182 valence electrons. The minimum Gasteiger partial charge on any atom is -0.257 e. The summed E-state index contributed by atoms with van der Waals surface area (Å²) in [6.07, 6.45) is 1.01. The van der Waals surface area contributed by atoms with E-state index in [4.69, 9.17) is 5.84 Å². The van der Waals surface area contributed by atoms with Gasteiger partial charge in [-0.1, -0.05) is 6.92 Å². The van der Waals surface area contributed by atoms with Crippen molar-refractivity contribution < 1.29 is 0 Å². The Labute approximate surface area is 170 Å². The smallest absolute Gasteiger partial charge is 0.0111 e. The van der Waals surface area contributed by atoms with Gasteiger partial charge in [0.2, 0.25) is 0 Å². The summed E-state index contributed by atoms with van der Waals surface area (Å²) in [6.45, 7) is 2.89.